The lowest BCUT2D eigenvalue weighted by atomic mass is 9.78. The van der Waals surface area contributed by atoms with Gasteiger partial charge in [0.25, 0.3) is 0 Å². The number of halogens is 1. The molecule has 7 heteroatoms. The fourth-order valence-corrected chi connectivity index (χ4v) is 3.66. The molecule has 1 aromatic rings. The van der Waals surface area contributed by atoms with Crippen LogP contribution < -0.4 is 11.5 Å². The van der Waals surface area contributed by atoms with E-state index in [1.54, 1.807) is 0 Å². The van der Waals surface area contributed by atoms with Gasteiger partial charge in [-0.2, -0.15) is 0 Å². The van der Waals surface area contributed by atoms with Crippen molar-refractivity contribution < 1.29 is 14.3 Å². The topological polar surface area (TPSA) is 108 Å². The molecule has 3 rings (SSSR count). The SMILES string of the molecule is NC(=O)CCC(N)C1=NC2C(=O)C(CCC2Cc2ccccc2Cl)O1. The summed E-state index contributed by atoms with van der Waals surface area (Å²) in [5.41, 5.74) is 12.3. The molecule has 1 heterocycles. The van der Waals surface area contributed by atoms with E-state index in [0.29, 0.717) is 30.2 Å². The Morgan fingerprint density at radius 2 is 2.12 bits per heavy atom. The Morgan fingerprint density at radius 3 is 2.84 bits per heavy atom. The normalized spacial score (nSPS) is 26.6. The molecule has 2 aliphatic rings. The number of hydrogen-bond donors (Lipinski definition) is 2. The number of primary amides is 1. The van der Waals surface area contributed by atoms with Crippen molar-refractivity contribution in [2.75, 3.05) is 0 Å². The van der Waals surface area contributed by atoms with Crippen LogP contribution in [0.15, 0.2) is 29.3 Å². The van der Waals surface area contributed by atoms with Gasteiger partial charge in [-0.15, -0.1) is 0 Å². The Kier molecular flexibility index (Phi) is 5.39. The van der Waals surface area contributed by atoms with Gasteiger partial charge in [0.05, 0.1) is 6.04 Å². The number of benzene rings is 1. The lowest BCUT2D eigenvalue weighted by Gasteiger charge is -2.38. The second kappa shape index (κ2) is 7.54. The van der Waals surface area contributed by atoms with Crippen LogP contribution in [0.2, 0.25) is 5.02 Å². The third-order valence-corrected chi connectivity index (χ3v) is 5.21. The number of nitrogens with zero attached hydrogens (tertiary/aromatic N) is 1. The number of carbonyl (C=O) groups is 2. The molecule has 25 heavy (non-hydrogen) atoms. The van der Waals surface area contributed by atoms with Crippen LogP contribution in [0.4, 0.5) is 0 Å². The van der Waals surface area contributed by atoms with Crippen LogP contribution in [0.1, 0.15) is 31.2 Å². The first-order valence-electron chi connectivity index (χ1n) is 8.51. The summed E-state index contributed by atoms with van der Waals surface area (Å²) in [5, 5.41) is 0.700. The van der Waals surface area contributed by atoms with Gasteiger partial charge < -0.3 is 16.2 Å². The van der Waals surface area contributed by atoms with Crippen molar-refractivity contribution in [2.45, 2.75) is 50.3 Å². The molecule has 1 fully saturated rings. The number of Topliss-reactive ketones (excluding diaryl/α,β-unsaturated/α-hetero) is 1. The van der Waals surface area contributed by atoms with Gasteiger partial charge in [-0.25, -0.2) is 4.99 Å². The molecular formula is C18H22ClN3O3. The van der Waals surface area contributed by atoms with Gasteiger partial charge in [0.1, 0.15) is 6.04 Å². The largest absolute Gasteiger partial charge is 0.468 e. The maximum Gasteiger partial charge on any atom is 0.217 e. The molecule has 1 saturated carbocycles. The quantitative estimate of drug-likeness (QED) is 0.800. The summed E-state index contributed by atoms with van der Waals surface area (Å²) in [6.07, 6.45) is 2.22. The minimum atomic E-state index is -0.523. The molecule has 0 radical (unpaired) electrons. The Hall–Kier alpha value is -1.92. The lowest BCUT2D eigenvalue weighted by Crippen LogP contribution is -2.51. The number of hydrogen-bond acceptors (Lipinski definition) is 5. The van der Waals surface area contributed by atoms with Crippen LogP contribution in [0, 0.1) is 5.92 Å². The summed E-state index contributed by atoms with van der Waals surface area (Å²) in [6, 6.07) is 6.66. The Balaban J connectivity index is 1.77. The average molecular weight is 364 g/mol. The van der Waals surface area contributed by atoms with Crippen molar-refractivity contribution in [3.63, 3.8) is 0 Å². The van der Waals surface area contributed by atoms with Gasteiger partial charge in [0.15, 0.2) is 11.9 Å². The van der Waals surface area contributed by atoms with E-state index in [2.05, 4.69) is 4.99 Å². The first-order valence-corrected chi connectivity index (χ1v) is 8.89. The van der Waals surface area contributed by atoms with Gasteiger partial charge in [-0.05, 0) is 43.2 Å². The molecule has 4 atom stereocenters. The molecule has 0 saturated heterocycles. The number of carbonyl (C=O) groups excluding carboxylic acids is 2. The fraction of sp³-hybridized carbons (Fsp3) is 0.500. The summed E-state index contributed by atoms with van der Waals surface area (Å²) >= 11 is 6.25. The van der Waals surface area contributed by atoms with Crippen molar-refractivity contribution in [1.29, 1.82) is 0 Å². The molecule has 4 N–H and O–H groups in total. The van der Waals surface area contributed by atoms with Crippen molar-refractivity contribution in [1.82, 2.24) is 0 Å². The van der Waals surface area contributed by atoms with Crippen molar-refractivity contribution in [3.8, 4) is 0 Å². The van der Waals surface area contributed by atoms with E-state index >= 15 is 0 Å². The van der Waals surface area contributed by atoms with E-state index in [0.717, 1.165) is 12.0 Å². The zero-order valence-corrected chi connectivity index (χ0v) is 14.6. The molecule has 2 bridgehead atoms. The first-order chi connectivity index (χ1) is 12.0. The number of rotatable bonds is 6. The molecule has 1 aliphatic carbocycles. The molecule has 1 aliphatic heterocycles. The summed E-state index contributed by atoms with van der Waals surface area (Å²) in [4.78, 5) is 28.0. The number of amides is 1. The minimum Gasteiger partial charge on any atom is -0.468 e. The lowest BCUT2D eigenvalue weighted by molar-refractivity contribution is -0.133. The third-order valence-electron chi connectivity index (χ3n) is 4.84. The predicted molar refractivity (Wildman–Crippen MR) is 95.4 cm³/mol. The highest BCUT2D eigenvalue weighted by molar-refractivity contribution is 6.31. The van der Waals surface area contributed by atoms with E-state index in [1.165, 1.54) is 0 Å². The predicted octanol–water partition coefficient (Wildman–Crippen LogP) is 1.62. The Labute approximate surface area is 151 Å². The van der Waals surface area contributed by atoms with Gasteiger partial charge >= 0.3 is 0 Å². The Bertz CT molecular complexity index is 707. The molecule has 6 nitrogen and oxygen atoms in total. The zero-order valence-electron chi connectivity index (χ0n) is 13.9. The number of ketones is 1. The van der Waals surface area contributed by atoms with E-state index < -0.39 is 24.1 Å². The highest BCUT2D eigenvalue weighted by atomic mass is 35.5. The monoisotopic (exact) mass is 363 g/mol. The Morgan fingerprint density at radius 1 is 1.36 bits per heavy atom. The maximum absolute atomic E-state index is 12.5. The summed E-state index contributed by atoms with van der Waals surface area (Å²) < 4.78 is 5.68. The van der Waals surface area contributed by atoms with Crippen LogP contribution in [-0.2, 0) is 20.7 Å². The molecule has 4 unspecified atom stereocenters. The maximum atomic E-state index is 12.5. The number of nitrogens with two attached hydrogens (primary N) is 2. The standard InChI is InChI=1S/C18H22ClN3O3/c19-12-4-2-1-3-10(12)9-11-5-7-14-17(24)16(11)22-18(25-14)13(20)6-8-15(21)23/h1-4,11,13-14,16H,5-9,20H2,(H2,21,23). The molecule has 0 spiro atoms. The van der Waals surface area contributed by atoms with Crippen LogP contribution in [0.5, 0.6) is 0 Å². The third kappa shape index (κ3) is 4.02. The van der Waals surface area contributed by atoms with Crippen molar-refractivity contribution >= 4 is 29.2 Å². The number of fused-ring (bicyclic) bond motifs is 2. The smallest absolute Gasteiger partial charge is 0.217 e. The number of ether oxygens (including phenoxy) is 1. The summed E-state index contributed by atoms with van der Waals surface area (Å²) in [7, 11) is 0. The van der Waals surface area contributed by atoms with Gasteiger partial charge in [0, 0.05) is 11.4 Å². The van der Waals surface area contributed by atoms with E-state index in [1.807, 2.05) is 24.3 Å². The number of aliphatic imine (C=N–C) groups is 1. The fourth-order valence-electron chi connectivity index (χ4n) is 3.45. The van der Waals surface area contributed by atoms with Crippen LogP contribution >= 0.6 is 11.6 Å². The summed E-state index contributed by atoms with van der Waals surface area (Å²) in [6.45, 7) is 0. The zero-order chi connectivity index (χ0) is 18.0. The van der Waals surface area contributed by atoms with E-state index in [-0.39, 0.29) is 18.1 Å². The molecule has 1 amide bonds. The second-order valence-corrected chi connectivity index (χ2v) is 7.07. The van der Waals surface area contributed by atoms with Gasteiger partial charge in [0.2, 0.25) is 11.8 Å². The molecular weight excluding hydrogens is 342 g/mol. The van der Waals surface area contributed by atoms with Gasteiger partial charge in [-0.1, -0.05) is 29.8 Å². The highest BCUT2D eigenvalue weighted by Gasteiger charge is 2.44. The molecule has 1 aromatic carbocycles. The van der Waals surface area contributed by atoms with Crippen LogP contribution in [0.25, 0.3) is 0 Å². The van der Waals surface area contributed by atoms with Gasteiger partial charge in [-0.3, -0.25) is 9.59 Å². The average Bonchev–Trinajstić information content (AvgIpc) is 2.57. The molecule has 134 valence electrons. The van der Waals surface area contributed by atoms with Crippen LogP contribution in [-0.4, -0.2) is 35.8 Å². The second-order valence-electron chi connectivity index (χ2n) is 6.67. The van der Waals surface area contributed by atoms with Crippen molar-refractivity contribution in [2.24, 2.45) is 22.4 Å². The minimum absolute atomic E-state index is 0.00848. The van der Waals surface area contributed by atoms with Crippen LogP contribution in [0.3, 0.4) is 0 Å². The summed E-state index contributed by atoms with van der Waals surface area (Å²) in [5.74, 6) is 0.0273. The van der Waals surface area contributed by atoms with E-state index in [9.17, 15) is 9.59 Å². The highest BCUT2D eigenvalue weighted by Crippen LogP contribution is 2.34. The molecule has 0 aromatic heterocycles. The first kappa shape index (κ1) is 17.9. The van der Waals surface area contributed by atoms with Crippen molar-refractivity contribution in [3.05, 3.63) is 34.9 Å². The van der Waals surface area contributed by atoms with E-state index in [4.69, 9.17) is 27.8 Å².